The zero-order valence-corrected chi connectivity index (χ0v) is 10.3. The molecule has 0 N–H and O–H groups in total. The number of esters is 1. The fourth-order valence-electron chi connectivity index (χ4n) is 2.06. The van der Waals surface area contributed by atoms with E-state index in [2.05, 4.69) is 4.99 Å². The second-order valence-corrected chi connectivity index (χ2v) is 4.41. The number of carbonyl (C=O) groups excluding carboxylic acids is 1. The van der Waals surface area contributed by atoms with Crippen LogP contribution in [-0.4, -0.2) is 11.7 Å². The van der Waals surface area contributed by atoms with Gasteiger partial charge in [0.1, 0.15) is 5.71 Å². The van der Waals surface area contributed by atoms with Crippen molar-refractivity contribution in [3.8, 4) is 0 Å². The maximum absolute atomic E-state index is 11.8. The minimum absolute atomic E-state index is 0.322. The molecule has 0 aliphatic carbocycles. The normalized spacial score (nSPS) is 18.0. The number of ether oxygens (including phenoxy) is 1. The summed E-state index contributed by atoms with van der Waals surface area (Å²) in [6.45, 7) is 0. The Hall–Kier alpha value is -2.42. The second kappa shape index (κ2) is 5.06. The van der Waals surface area contributed by atoms with Crippen molar-refractivity contribution in [3.63, 3.8) is 0 Å². The zero-order chi connectivity index (χ0) is 13.1. The SMILES string of the molecule is O=C1O[C@@H](c2ccccc2)N=C1Cc1ccccc1. The Kier molecular flexibility index (Phi) is 3.11. The molecule has 1 aliphatic rings. The Morgan fingerprint density at radius 1 is 0.947 bits per heavy atom. The van der Waals surface area contributed by atoms with Crippen molar-refractivity contribution in [1.29, 1.82) is 0 Å². The first kappa shape index (κ1) is 11.7. The second-order valence-electron chi connectivity index (χ2n) is 4.41. The van der Waals surface area contributed by atoms with Crippen LogP contribution in [0.5, 0.6) is 0 Å². The highest BCUT2D eigenvalue weighted by molar-refractivity contribution is 6.38. The summed E-state index contributed by atoms with van der Waals surface area (Å²) >= 11 is 0. The van der Waals surface area contributed by atoms with Gasteiger partial charge < -0.3 is 4.74 Å². The van der Waals surface area contributed by atoms with Crippen LogP contribution < -0.4 is 0 Å². The lowest BCUT2D eigenvalue weighted by Gasteiger charge is -2.05. The van der Waals surface area contributed by atoms with Gasteiger partial charge in [-0.05, 0) is 5.56 Å². The van der Waals surface area contributed by atoms with Crippen molar-refractivity contribution in [2.75, 3.05) is 0 Å². The van der Waals surface area contributed by atoms with Crippen LogP contribution in [-0.2, 0) is 16.0 Å². The summed E-state index contributed by atoms with van der Waals surface area (Å²) in [5.41, 5.74) is 2.45. The van der Waals surface area contributed by atoms with Crippen molar-refractivity contribution in [2.45, 2.75) is 12.6 Å². The van der Waals surface area contributed by atoms with Crippen LogP contribution >= 0.6 is 0 Å². The summed E-state index contributed by atoms with van der Waals surface area (Å²) in [7, 11) is 0. The molecule has 1 heterocycles. The van der Waals surface area contributed by atoms with E-state index >= 15 is 0 Å². The average Bonchev–Trinajstić information content (AvgIpc) is 2.82. The molecule has 0 amide bonds. The van der Waals surface area contributed by atoms with Gasteiger partial charge in [-0.15, -0.1) is 0 Å². The van der Waals surface area contributed by atoms with Gasteiger partial charge >= 0.3 is 5.97 Å². The van der Waals surface area contributed by atoms with E-state index in [1.807, 2.05) is 60.7 Å². The molecule has 2 aromatic carbocycles. The smallest absolute Gasteiger partial charge is 0.354 e. The van der Waals surface area contributed by atoms with Crippen LogP contribution in [0.25, 0.3) is 0 Å². The summed E-state index contributed by atoms with van der Waals surface area (Å²) in [6, 6.07) is 19.4. The van der Waals surface area contributed by atoms with Gasteiger partial charge in [-0.2, -0.15) is 0 Å². The van der Waals surface area contributed by atoms with Gasteiger partial charge in [0.2, 0.25) is 6.23 Å². The third-order valence-corrected chi connectivity index (χ3v) is 3.03. The maximum atomic E-state index is 11.8. The molecule has 2 aromatic rings. The third kappa shape index (κ3) is 2.55. The third-order valence-electron chi connectivity index (χ3n) is 3.03. The number of nitrogens with zero attached hydrogens (tertiary/aromatic N) is 1. The lowest BCUT2D eigenvalue weighted by Crippen LogP contribution is -2.13. The molecule has 1 aliphatic heterocycles. The van der Waals surface area contributed by atoms with Crippen LogP contribution in [0.1, 0.15) is 17.4 Å². The van der Waals surface area contributed by atoms with Gasteiger partial charge in [0.05, 0.1) is 0 Å². The standard InChI is InChI=1S/C16H13NO2/c18-16-14(11-12-7-3-1-4-8-12)17-15(19-16)13-9-5-2-6-10-13/h1-10,15H,11H2/t15-/m0/s1. The summed E-state index contributed by atoms with van der Waals surface area (Å²) < 4.78 is 5.29. The Labute approximate surface area is 111 Å². The topological polar surface area (TPSA) is 38.7 Å². The fraction of sp³-hybridized carbons (Fsp3) is 0.125. The van der Waals surface area contributed by atoms with Crippen LogP contribution in [0, 0.1) is 0 Å². The minimum atomic E-state index is -0.493. The fourth-order valence-corrected chi connectivity index (χ4v) is 2.06. The van der Waals surface area contributed by atoms with Crippen LogP contribution in [0.15, 0.2) is 65.7 Å². The minimum Gasteiger partial charge on any atom is -0.431 e. The predicted octanol–water partition coefficient (Wildman–Crippen LogP) is 2.93. The molecule has 0 radical (unpaired) electrons. The quantitative estimate of drug-likeness (QED) is 0.787. The lowest BCUT2D eigenvalue weighted by molar-refractivity contribution is -0.138. The van der Waals surface area contributed by atoms with Crippen molar-refractivity contribution in [1.82, 2.24) is 0 Å². The van der Waals surface area contributed by atoms with Gasteiger partial charge in [0.25, 0.3) is 0 Å². The molecule has 19 heavy (non-hydrogen) atoms. The first-order valence-corrected chi connectivity index (χ1v) is 6.19. The largest absolute Gasteiger partial charge is 0.431 e. The summed E-state index contributed by atoms with van der Waals surface area (Å²) in [4.78, 5) is 16.2. The van der Waals surface area contributed by atoms with Gasteiger partial charge in [-0.25, -0.2) is 9.79 Å². The Balaban J connectivity index is 1.81. The average molecular weight is 251 g/mol. The van der Waals surface area contributed by atoms with Crippen molar-refractivity contribution < 1.29 is 9.53 Å². The number of hydrogen-bond acceptors (Lipinski definition) is 3. The van der Waals surface area contributed by atoms with Crippen LogP contribution in [0.2, 0.25) is 0 Å². The van der Waals surface area contributed by atoms with E-state index in [0.717, 1.165) is 11.1 Å². The highest BCUT2D eigenvalue weighted by Gasteiger charge is 2.28. The molecule has 0 fully saturated rings. The van der Waals surface area contributed by atoms with E-state index in [0.29, 0.717) is 12.1 Å². The number of cyclic esters (lactones) is 1. The van der Waals surface area contributed by atoms with Crippen molar-refractivity contribution >= 4 is 11.7 Å². The first-order chi connectivity index (χ1) is 9.33. The molecule has 0 unspecified atom stereocenters. The number of benzene rings is 2. The maximum Gasteiger partial charge on any atom is 0.354 e. The number of rotatable bonds is 3. The molecular formula is C16H13NO2. The molecule has 0 aromatic heterocycles. The molecule has 1 atom stereocenters. The molecule has 3 nitrogen and oxygen atoms in total. The van der Waals surface area contributed by atoms with E-state index < -0.39 is 6.23 Å². The van der Waals surface area contributed by atoms with Gasteiger partial charge in [-0.1, -0.05) is 60.7 Å². The molecule has 0 spiro atoms. The van der Waals surface area contributed by atoms with E-state index in [4.69, 9.17) is 4.74 Å². The van der Waals surface area contributed by atoms with Gasteiger partial charge in [-0.3, -0.25) is 0 Å². The molecule has 0 saturated heterocycles. The molecule has 0 saturated carbocycles. The van der Waals surface area contributed by atoms with Gasteiger partial charge in [0, 0.05) is 12.0 Å². The molecule has 3 heteroatoms. The Morgan fingerprint density at radius 3 is 2.26 bits per heavy atom. The van der Waals surface area contributed by atoms with Gasteiger partial charge in [0.15, 0.2) is 0 Å². The molecule has 0 bridgehead atoms. The highest BCUT2D eigenvalue weighted by atomic mass is 16.6. The number of hydrogen-bond donors (Lipinski definition) is 0. The van der Waals surface area contributed by atoms with Crippen molar-refractivity contribution in [2.24, 2.45) is 4.99 Å². The zero-order valence-electron chi connectivity index (χ0n) is 10.3. The first-order valence-electron chi connectivity index (χ1n) is 6.19. The van der Waals surface area contributed by atoms with Crippen molar-refractivity contribution in [3.05, 3.63) is 71.8 Å². The van der Waals surface area contributed by atoms with E-state index in [9.17, 15) is 4.79 Å². The summed E-state index contributed by atoms with van der Waals surface area (Å²) in [5.74, 6) is -0.322. The van der Waals surface area contributed by atoms with Crippen LogP contribution in [0.3, 0.4) is 0 Å². The Bertz CT molecular complexity index is 605. The van der Waals surface area contributed by atoms with E-state index in [1.165, 1.54) is 0 Å². The van der Waals surface area contributed by atoms with Crippen LogP contribution in [0.4, 0.5) is 0 Å². The monoisotopic (exact) mass is 251 g/mol. The highest BCUT2D eigenvalue weighted by Crippen LogP contribution is 2.25. The molecular weight excluding hydrogens is 238 g/mol. The Morgan fingerprint density at radius 2 is 1.58 bits per heavy atom. The summed E-state index contributed by atoms with van der Waals surface area (Å²) in [5, 5.41) is 0. The van der Waals surface area contributed by atoms with E-state index in [-0.39, 0.29) is 5.97 Å². The molecule has 3 rings (SSSR count). The predicted molar refractivity (Wildman–Crippen MR) is 72.9 cm³/mol. The summed E-state index contributed by atoms with van der Waals surface area (Å²) in [6.07, 6.45) is 0.0237. The number of aliphatic imine (C=N–C) groups is 1. The molecule has 94 valence electrons. The van der Waals surface area contributed by atoms with E-state index in [1.54, 1.807) is 0 Å². The lowest BCUT2D eigenvalue weighted by atomic mass is 10.1. The number of carbonyl (C=O) groups is 1.